The fourth-order valence-electron chi connectivity index (χ4n) is 8.30. The van der Waals surface area contributed by atoms with Gasteiger partial charge in [0, 0.05) is 33.0 Å². The number of aromatic nitrogens is 3. The number of hydrogen-bond donors (Lipinski definition) is 0. The van der Waals surface area contributed by atoms with Crippen LogP contribution in [0.25, 0.3) is 99.7 Å². The quantitative estimate of drug-likeness (QED) is 0.171. The number of furan rings is 1. The van der Waals surface area contributed by atoms with Gasteiger partial charge in [0.1, 0.15) is 11.2 Å². The van der Waals surface area contributed by atoms with Crippen molar-refractivity contribution in [3.63, 3.8) is 0 Å². The van der Waals surface area contributed by atoms with Crippen molar-refractivity contribution < 1.29 is 4.42 Å². The maximum Gasteiger partial charge on any atom is 0.164 e. The zero-order valence-corrected chi connectivity index (χ0v) is 31.1. The highest BCUT2D eigenvalue weighted by molar-refractivity contribution is 6.16. The van der Waals surface area contributed by atoms with Crippen molar-refractivity contribution in [1.82, 2.24) is 15.0 Å². The summed E-state index contributed by atoms with van der Waals surface area (Å²) in [5.74, 6) is 1.90. The van der Waals surface area contributed by atoms with Crippen molar-refractivity contribution in [1.29, 1.82) is 0 Å². The minimum absolute atomic E-state index is 0.608. The smallest absolute Gasteiger partial charge is 0.164 e. The molecule has 0 aliphatic heterocycles. The largest absolute Gasteiger partial charge is 0.455 e. The highest BCUT2D eigenvalue weighted by Crippen LogP contribution is 2.44. The van der Waals surface area contributed by atoms with Gasteiger partial charge in [0.2, 0.25) is 0 Å². The fourth-order valence-corrected chi connectivity index (χ4v) is 8.30. The summed E-state index contributed by atoms with van der Waals surface area (Å²) in [6.07, 6.45) is 6.37. The van der Waals surface area contributed by atoms with Gasteiger partial charge in [0.25, 0.3) is 0 Å². The van der Waals surface area contributed by atoms with E-state index in [1.807, 2.05) is 24.3 Å². The number of fused-ring (bicyclic) bond motifs is 5. The average Bonchev–Trinajstić information content (AvgIpc) is 3.68. The number of nitrogens with zero attached hydrogens (tertiary/aromatic N) is 3. The van der Waals surface area contributed by atoms with Gasteiger partial charge in [-0.2, -0.15) is 0 Å². The van der Waals surface area contributed by atoms with E-state index in [9.17, 15) is 0 Å². The van der Waals surface area contributed by atoms with E-state index in [0.717, 1.165) is 73.7 Å². The van der Waals surface area contributed by atoms with Crippen LogP contribution in [0.2, 0.25) is 0 Å². The van der Waals surface area contributed by atoms with Gasteiger partial charge in [-0.1, -0.05) is 152 Å². The maximum absolute atomic E-state index is 6.91. The van der Waals surface area contributed by atoms with Crippen LogP contribution < -0.4 is 0 Å². The molecule has 2 heterocycles. The molecule has 0 unspecified atom stereocenters. The molecule has 4 nitrogen and oxygen atoms in total. The van der Waals surface area contributed by atoms with Gasteiger partial charge < -0.3 is 4.42 Å². The first-order valence-corrected chi connectivity index (χ1v) is 19.5. The summed E-state index contributed by atoms with van der Waals surface area (Å²) < 4.78 is 6.91. The zero-order valence-electron chi connectivity index (χ0n) is 31.1. The second-order valence-corrected chi connectivity index (χ2v) is 14.7. The monoisotopic (exact) mass is 729 g/mol. The Morgan fingerprint density at radius 3 is 1.81 bits per heavy atom. The molecule has 0 N–H and O–H groups in total. The molecule has 0 fully saturated rings. The summed E-state index contributed by atoms with van der Waals surface area (Å²) in [5.41, 5.74) is 11.3. The molecule has 11 rings (SSSR count). The molecule has 0 radical (unpaired) electrons. The Hall–Kier alpha value is -7.43. The Morgan fingerprint density at radius 1 is 0.421 bits per heavy atom. The molecule has 0 atom stereocenters. The minimum atomic E-state index is 0.608. The molecule has 0 saturated heterocycles. The van der Waals surface area contributed by atoms with E-state index in [1.54, 1.807) is 0 Å². The standard InChI is InChI=1S/C53H35N3O/c1-3-13-34(14-4-1)40-21-11-22-43(31-40)52-54-51(37-17-5-2-6-18-37)55-53(56-52)45-23-12-24-48-49(45)47-33-44(41-27-25-35-15-7-9-19-38(35)29-41)32-46(50(47)57-48)42-28-26-36-16-8-10-20-39(36)30-42/h1-10,12-20,22-33H,11,21H2. The van der Waals surface area contributed by atoms with E-state index in [1.165, 1.54) is 32.7 Å². The van der Waals surface area contributed by atoms with E-state index < -0.39 is 0 Å². The van der Waals surface area contributed by atoms with E-state index in [-0.39, 0.29) is 0 Å². The molecule has 268 valence electrons. The molecule has 0 amide bonds. The number of hydrogen-bond acceptors (Lipinski definition) is 4. The molecule has 2 aromatic heterocycles. The SMILES string of the molecule is C1=C(c2ccccc2)CCC=C1c1nc(-c2ccccc2)nc(-c2cccc3oc4c(-c5ccc6ccccc6c5)cc(-c5ccc6ccccc6c5)cc4c23)n1. The minimum Gasteiger partial charge on any atom is -0.455 e. The van der Waals surface area contributed by atoms with Gasteiger partial charge in [-0.15, -0.1) is 0 Å². The molecule has 10 aromatic rings. The fraction of sp³-hybridized carbons (Fsp3) is 0.0377. The van der Waals surface area contributed by atoms with Gasteiger partial charge >= 0.3 is 0 Å². The molecule has 0 spiro atoms. The van der Waals surface area contributed by atoms with Gasteiger partial charge in [0.05, 0.1) is 0 Å². The van der Waals surface area contributed by atoms with Crippen LogP contribution in [0.5, 0.6) is 0 Å². The number of allylic oxidation sites excluding steroid dienone is 4. The van der Waals surface area contributed by atoms with Crippen molar-refractivity contribution in [2.24, 2.45) is 0 Å². The lowest BCUT2D eigenvalue weighted by Gasteiger charge is -2.15. The van der Waals surface area contributed by atoms with E-state index in [0.29, 0.717) is 17.5 Å². The van der Waals surface area contributed by atoms with Crippen LogP contribution in [0, 0.1) is 0 Å². The van der Waals surface area contributed by atoms with Gasteiger partial charge in [0.15, 0.2) is 17.5 Å². The molecule has 0 saturated carbocycles. The van der Waals surface area contributed by atoms with Crippen molar-refractivity contribution >= 4 is 54.6 Å². The second-order valence-electron chi connectivity index (χ2n) is 14.7. The molecule has 4 heteroatoms. The molecule has 1 aliphatic carbocycles. The normalized spacial score (nSPS) is 13.0. The topological polar surface area (TPSA) is 51.8 Å². The first-order chi connectivity index (χ1) is 28.2. The predicted octanol–water partition coefficient (Wildman–Crippen LogP) is 14.0. The summed E-state index contributed by atoms with van der Waals surface area (Å²) in [6, 6.07) is 61.9. The first-order valence-electron chi connectivity index (χ1n) is 19.5. The molecule has 1 aliphatic rings. The van der Waals surface area contributed by atoms with Gasteiger partial charge in [-0.05, 0) is 98.6 Å². The van der Waals surface area contributed by atoms with Crippen LogP contribution in [0.1, 0.15) is 24.2 Å². The Kier molecular flexibility index (Phi) is 7.92. The molecule has 8 aromatic carbocycles. The van der Waals surface area contributed by atoms with Crippen molar-refractivity contribution in [2.45, 2.75) is 12.8 Å². The third kappa shape index (κ3) is 5.99. The van der Waals surface area contributed by atoms with Crippen molar-refractivity contribution in [2.75, 3.05) is 0 Å². The summed E-state index contributed by atoms with van der Waals surface area (Å²) in [7, 11) is 0. The van der Waals surface area contributed by atoms with Crippen LogP contribution >= 0.6 is 0 Å². The third-order valence-electron chi connectivity index (χ3n) is 11.2. The zero-order chi connectivity index (χ0) is 37.7. The third-order valence-corrected chi connectivity index (χ3v) is 11.2. The van der Waals surface area contributed by atoms with Crippen LogP contribution in [-0.2, 0) is 0 Å². The number of benzene rings is 8. The summed E-state index contributed by atoms with van der Waals surface area (Å²) in [6.45, 7) is 0. The average molecular weight is 730 g/mol. The highest BCUT2D eigenvalue weighted by atomic mass is 16.3. The van der Waals surface area contributed by atoms with E-state index in [4.69, 9.17) is 19.4 Å². The van der Waals surface area contributed by atoms with Gasteiger partial charge in [-0.25, -0.2) is 15.0 Å². The first kappa shape index (κ1) is 33.0. The second kappa shape index (κ2) is 13.7. The molecular formula is C53H35N3O. The highest BCUT2D eigenvalue weighted by Gasteiger charge is 2.22. The van der Waals surface area contributed by atoms with Crippen molar-refractivity contribution in [3.05, 3.63) is 199 Å². The summed E-state index contributed by atoms with van der Waals surface area (Å²) in [4.78, 5) is 15.6. The van der Waals surface area contributed by atoms with E-state index in [2.05, 4.69) is 164 Å². The van der Waals surface area contributed by atoms with Crippen LogP contribution in [0.15, 0.2) is 192 Å². The Morgan fingerprint density at radius 2 is 1.05 bits per heavy atom. The number of rotatable bonds is 6. The Balaban J connectivity index is 1.16. The summed E-state index contributed by atoms with van der Waals surface area (Å²) >= 11 is 0. The van der Waals surface area contributed by atoms with Crippen LogP contribution in [-0.4, -0.2) is 15.0 Å². The maximum atomic E-state index is 6.91. The van der Waals surface area contributed by atoms with Crippen molar-refractivity contribution in [3.8, 4) is 45.0 Å². The molecular weight excluding hydrogens is 695 g/mol. The van der Waals surface area contributed by atoms with E-state index >= 15 is 0 Å². The van der Waals surface area contributed by atoms with Gasteiger partial charge in [-0.3, -0.25) is 0 Å². The lowest BCUT2D eigenvalue weighted by molar-refractivity contribution is 0.670. The lowest BCUT2D eigenvalue weighted by atomic mass is 9.93. The summed E-state index contributed by atoms with van der Waals surface area (Å²) in [5, 5.41) is 6.80. The molecule has 0 bridgehead atoms. The molecule has 57 heavy (non-hydrogen) atoms. The lowest BCUT2D eigenvalue weighted by Crippen LogP contribution is -2.04. The van der Waals surface area contributed by atoms with Crippen LogP contribution in [0.4, 0.5) is 0 Å². The Labute approximate surface area is 330 Å². The van der Waals surface area contributed by atoms with Crippen LogP contribution in [0.3, 0.4) is 0 Å². The Bertz CT molecular complexity index is 3230. The predicted molar refractivity (Wildman–Crippen MR) is 235 cm³/mol.